The maximum Gasteiger partial charge on any atom is 0.338 e. The van der Waals surface area contributed by atoms with Crippen molar-refractivity contribution in [2.75, 3.05) is 55.4 Å². The van der Waals surface area contributed by atoms with Crippen LogP contribution in [0.5, 0.6) is 28.7 Å². The molecule has 12 heteroatoms. The maximum absolute atomic E-state index is 13.1. The van der Waals surface area contributed by atoms with E-state index < -0.39 is 23.3 Å². The Kier molecular flexibility index (Phi) is 12.4. The van der Waals surface area contributed by atoms with Crippen LogP contribution in [0.15, 0.2) is 54.6 Å². The van der Waals surface area contributed by atoms with Gasteiger partial charge < -0.3 is 43.0 Å². The van der Waals surface area contributed by atoms with Crippen molar-refractivity contribution in [3.05, 3.63) is 76.9 Å². The highest BCUT2D eigenvalue weighted by atomic mass is 16.6. The van der Waals surface area contributed by atoms with Gasteiger partial charge in [0.05, 0.1) is 64.3 Å². The van der Waals surface area contributed by atoms with Crippen molar-refractivity contribution in [1.82, 2.24) is 0 Å². The molecule has 242 valence electrons. The van der Waals surface area contributed by atoms with Crippen LogP contribution in [0, 0.1) is 5.41 Å². The molecular formula is C33H38O12. The zero-order chi connectivity index (χ0) is 33.0. The smallest absolute Gasteiger partial charge is 0.338 e. The van der Waals surface area contributed by atoms with Gasteiger partial charge in [0.25, 0.3) is 0 Å². The van der Waals surface area contributed by atoms with Crippen LogP contribution in [0.1, 0.15) is 50.0 Å². The lowest BCUT2D eigenvalue weighted by atomic mass is 9.88. The molecule has 0 unspecified atom stereocenters. The molecule has 1 N–H and O–H groups in total. The molecule has 0 aliphatic heterocycles. The van der Waals surface area contributed by atoms with Crippen LogP contribution in [0.4, 0.5) is 0 Å². The first-order valence-electron chi connectivity index (χ1n) is 13.9. The van der Waals surface area contributed by atoms with Gasteiger partial charge in [0.1, 0.15) is 25.6 Å². The lowest BCUT2D eigenvalue weighted by Crippen LogP contribution is -2.39. The summed E-state index contributed by atoms with van der Waals surface area (Å²) >= 11 is 0. The molecule has 0 atom stereocenters. The van der Waals surface area contributed by atoms with Crippen molar-refractivity contribution in [3.8, 4) is 28.7 Å². The van der Waals surface area contributed by atoms with E-state index in [2.05, 4.69) is 0 Å². The van der Waals surface area contributed by atoms with Crippen molar-refractivity contribution in [2.45, 2.75) is 20.0 Å². The number of carbonyl (C=O) groups excluding carboxylic acids is 3. The highest BCUT2D eigenvalue weighted by molar-refractivity contribution is 5.91. The van der Waals surface area contributed by atoms with Crippen molar-refractivity contribution < 1.29 is 57.4 Å². The molecule has 0 amide bonds. The average molecular weight is 627 g/mol. The topological polar surface area (TPSA) is 145 Å². The van der Waals surface area contributed by atoms with E-state index in [9.17, 15) is 19.5 Å². The third kappa shape index (κ3) is 8.57. The fourth-order valence-corrected chi connectivity index (χ4v) is 4.27. The van der Waals surface area contributed by atoms with Crippen LogP contribution >= 0.6 is 0 Å². The number of esters is 3. The first-order valence-corrected chi connectivity index (χ1v) is 13.9. The standard InChI is InChI=1S/C33H38O12/c1-7-33(18-43-30(35)21-8-9-24(17-34)27(14-21)40-4,19-44-31(36)22-10-12-25(38-2)28(15-22)41-5)20-45-32(37)23-11-13-26(39-3)29(16-23)42-6/h8-16,34H,7,17-20H2,1-6H3. The molecule has 0 saturated heterocycles. The Bertz CT molecular complexity index is 1310. The van der Waals surface area contributed by atoms with Crippen LogP contribution in [0.2, 0.25) is 0 Å². The van der Waals surface area contributed by atoms with E-state index >= 15 is 0 Å². The van der Waals surface area contributed by atoms with Crippen LogP contribution in [-0.4, -0.2) is 78.4 Å². The fraction of sp³-hybridized carbons (Fsp3) is 0.364. The largest absolute Gasteiger partial charge is 0.496 e. The molecule has 0 bridgehead atoms. The Balaban J connectivity index is 1.83. The van der Waals surface area contributed by atoms with Crippen molar-refractivity contribution in [3.63, 3.8) is 0 Å². The minimum absolute atomic E-state index is 0.179. The number of hydrogen-bond donors (Lipinski definition) is 1. The zero-order valence-corrected chi connectivity index (χ0v) is 26.2. The number of ether oxygens (including phenoxy) is 8. The number of hydrogen-bond acceptors (Lipinski definition) is 12. The average Bonchev–Trinajstić information content (AvgIpc) is 3.09. The lowest BCUT2D eigenvalue weighted by Gasteiger charge is -2.31. The monoisotopic (exact) mass is 626 g/mol. The third-order valence-corrected chi connectivity index (χ3v) is 7.21. The number of rotatable bonds is 16. The Morgan fingerprint density at radius 1 is 0.556 bits per heavy atom. The van der Waals surface area contributed by atoms with E-state index in [4.69, 9.17) is 37.9 Å². The first-order chi connectivity index (χ1) is 21.7. The summed E-state index contributed by atoms with van der Waals surface area (Å²) in [5.74, 6) is -0.145. The van der Waals surface area contributed by atoms with E-state index in [0.717, 1.165) is 0 Å². The van der Waals surface area contributed by atoms with E-state index in [1.54, 1.807) is 25.1 Å². The number of aliphatic hydroxyl groups excluding tert-OH is 1. The SMILES string of the molecule is CCC(COC(=O)c1ccc(CO)c(OC)c1)(COC(=O)c1ccc(OC)c(OC)c1)COC(=O)c1ccc(OC)c(OC)c1. The minimum atomic E-state index is -1.12. The van der Waals surface area contributed by atoms with E-state index in [-0.39, 0.29) is 43.1 Å². The number of benzene rings is 3. The molecule has 0 spiro atoms. The fourth-order valence-electron chi connectivity index (χ4n) is 4.27. The van der Waals surface area contributed by atoms with Crippen LogP contribution < -0.4 is 23.7 Å². The van der Waals surface area contributed by atoms with Gasteiger partial charge in [-0.1, -0.05) is 13.0 Å². The van der Waals surface area contributed by atoms with Crippen molar-refractivity contribution >= 4 is 17.9 Å². The van der Waals surface area contributed by atoms with Gasteiger partial charge in [-0.25, -0.2) is 14.4 Å². The molecule has 0 radical (unpaired) electrons. The second kappa shape index (κ2) is 16.2. The number of carbonyl (C=O) groups is 3. The Hall–Kier alpha value is -4.97. The zero-order valence-electron chi connectivity index (χ0n) is 26.2. The van der Waals surface area contributed by atoms with Crippen LogP contribution in [0.3, 0.4) is 0 Å². The summed E-state index contributed by atoms with van der Waals surface area (Å²) in [5, 5.41) is 9.50. The summed E-state index contributed by atoms with van der Waals surface area (Å²) in [4.78, 5) is 39.2. The van der Waals surface area contributed by atoms with Gasteiger partial charge in [0.2, 0.25) is 0 Å². The number of methoxy groups -OCH3 is 5. The van der Waals surface area contributed by atoms with Gasteiger partial charge in [-0.3, -0.25) is 0 Å². The van der Waals surface area contributed by atoms with Gasteiger partial charge in [-0.05, 0) is 55.0 Å². The molecule has 3 rings (SSSR count). The molecule has 12 nitrogen and oxygen atoms in total. The van der Waals surface area contributed by atoms with Gasteiger partial charge >= 0.3 is 17.9 Å². The summed E-state index contributed by atoms with van der Waals surface area (Å²) in [6.45, 7) is 0.756. The van der Waals surface area contributed by atoms with E-state index in [1.807, 2.05) is 0 Å². The maximum atomic E-state index is 13.1. The normalized spacial score (nSPS) is 10.8. The van der Waals surface area contributed by atoms with Gasteiger partial charge in [0, 0.05) is 5.56 Å². The predicted molar refractivity (Wildman–Crippen MR) is 162 cm³/mol. The molecule has 0 saturated carbocycles. The Labute approximate surface area is 261 Å². The summed E-state index contributed by atoms with van der Waals surface area (Å²) in [5.41, 5.74) is -0.0377. The van der Waals surface area contributed by atoms with Gasteiger partial charge in [0.15, 0.2) is 23.0 Å². The number of aliphatic hydroxyl groups is 1. The molecule has 0 aliphatic rings. The molecule has 0 heterocycles. The highest BCUT2D eigenvalue weighted by Crippen LogP contribution is 2.31. The Morgan fingerprint density at radius 3 is 1.24 bits per heavy atom. The van der Waals surface area contributed by atoms with Crippen LogP contribution in [0.25, 0.3) is 0 Å². The van der Waals surface area contributed by atoms with E-state index in [1.165, 1.54) is 71.9 Å². The molecule has 0 aliphatic carbocycles. The molecule has 3 aromatic rings. The van der Waals surface area contributed by atoms with E-state index in [0.29, 0.717) is 40.7 Å². The second-order valence-electron chi connectivity index (χ2n) is 9.91. The van der Waals surface area contributed by atoms with Crippen molar-refractivity contribution in [2.24, 2.45) is 5.41 Å². The van der Waals surface area contributed by atoms with Gasteiger partial charge in [-0.15, -0.1) is 0 Å². The summed E-state index contributed by atoms with van der Waals surface area (Å²) in [6.07, 6.45) is 0.297. The summed E-state index contributed by atoms with van der Waals surface area (Å²) in [6, 6.07) is 13.7. The molecule has 3 aromatic carbocycles. The predicted octanol–water partition coefficient (Wildman–Crippen LogP) is 4.49. The Morgan fingerprint density at radius 2 is 0.911 bits per heavy atom. The lowest BCUT2D eigenvalue weighted by molar-refractivity contribution is -0.0381. The first kappa shape index (κ1) is 34.5. The molecule has 0 fully saturated rings. The van der Waals surface area contributed by atoms with Crippen LogP contribution in [-0.2, 0) is 20.8 Å². The third-order valence-electron chi connectivity index (χ3n) is 7.21. The highest BCUT2D eigenvalue weighted by Gasteiger charge is 2.35. The molecule has 0 aromatic heterocycles. The summed E-state index contributed by atoms with van der Waals surface area (Å²) < 4.78 is 43.3. The quantitative estimate of drug-likeness (QED) is 0.177. The van der Waals surface area contributed by atoms with Gasteiger partial charge in [-0.2, -0.15) is 0 Å². The molecule has 45 heavy (non-hydrogen) atoms. The summed E-state index contributed by atoms with van der Waals surface area (Å²) in [7, 11) is 7.28. The second-order valence-corrected chi connectivity index (χ2v) is 9.91. The van der Waals surface area contributed by atoms with Crippen molar-refractivity contribution in [1.29, 1.82) is 0 Å². The minimum Gasteiger partial charge on any atom is -0.496 e. The molecular weight excluding hydrogens is 588 g/mol.